The lowest BCUT2D eigenvalue weighted by Gasteiger charge is -2.14. The molecule has 2 aromatic carbocycles. The van der Waals surface area contributed by atoms with E-state index in [4.69, 9.17) is 25.8 Å². The molecule has 0 spiro atoms. The molecule has 0 aromatic heterocycles. The lowest BCUT2D eigenvalue weighted by molar-refractivity contribution is -0.153. The summed E-state index contributed by atoms with van der Waals surface area (Å²) in [4.78, 5) is 35.5. The van der Waals surface area contributed by atoms with Gasteiger partial charge in [0.25, 0.3) is 5.91 Å². The number of hydrogen-bond acceptors (Lipinski definition) is 6. The second-order valence-electron chi connectivity index (χ2n) is 5.67. The van der Waals surface area contributed by atoms with Crippen molar-refractivity contribution in [2.24, 2.45) is 0 Å². The highest BCUT2D eigenvalue weighted by atomic mass is 35.5. The molecule has 1 amide bonds. The van der Waals surface area contributed by atoms with Gasteiger partial charge in [-0.15, -0.1) is 0 Å². The van der Waals surface area contributed by atoms with Crippen molar-refractivity contribution in [3.8, 4) is 5.75 Å². The van der Waals surface area contributed by atoms with Gasteiger partial charge in [0.1, 0.15) is 5.75 Å². The standard InChI is InChI=1S/C20H20ClNO6/c1-3-26-20(25)14-4-8-16(9-5-14)22-18(23)12-27-19(24)13(2)28-17-10-6-15(21)7-11-17/h4-11,13H,3,12H2,1-2H3,(H,22,23)/t13-/m0/s1. The van der Waals surface area contributed by atoms with Crippen LogP contribution < -0.4 is 10.1 Å². The molecule has 148 valence electrons. The second kappa shape index (κ2) is 10.3. The van der Waals surface area contributed by atoms with E-state index in [0.717, 1.165) is 0 Å². The Bertz CT molecular complexity index is 820. The molecule has 0 saturated carbocycles. The average molecular weight is 406 g/mol. The summed E-state index contributed by atoms with van der Waals surface area (Å²) in [6.45, 7) is 3.05. The van der Waals surface area contributed by atoms with E-state index >= 15 is 0 Å². The summed E-state index contributed by atoms with van der Waals surface area (Å²) in [5, 5.41) is 3.12. The van der Waals surface area contributed by atoms with Crippen molar-refractivity contribution in [3.05, 3.63) is 59.1 Å². The minimum Gasteiger partial charge on any atom is -0.479 e. The SMILES string of the molecule is CCOC(=O)c1ccc(NC(=O)COC(=O)[C@H](C)Oc2ccc(Cl)cc2)cc1. The van der Waals surface area contributed by atoms with Crippen LogP contribution in [0.2, 0.25) is 5.02 Å². The third-order valence-corrected chi connectivity index (χ3v) is 3.74. The number of amides is 1. The van der Waals surface area contributed by atoms with Crippen molar-refractivity contribution in [2.75, 3.05) is 18.5 Å². The minimum absolute atomic E-state index is 0.281. The third kappa shape index (κ3) is 6.59. The molecule has 0 aliphatic rings. The van der Waals surface area contributed by atoms with E-state index in [0.29, 0.717) is 22.0 Å². The van der Waals surface area contributed by atoms with E-state index in [2.05, 4.69) is 5.32 Å². The molecule has 0 aliphatic heterocycles. The number of rotatable bonds is 8. The Hall–Kier alpha value is -3.06. The maximum absolute atomic E-state index is 11.9. The molecular weight excluding hydrogens is 386 g/mol. The molecule has 0 saturated heterocycles. The Morgan fingerprint density at radius 2 is 1.64 bits per heavy atom. The smallest absolute Gasteiger partial charge is 0.347 e. The Kier molecular flexibility index (Phi) is 7.83. The first-order valence-corrected chi connectivity index (χ1v) is 8.92. The first-order chi connectivity index (χ1) is 13.4. The van der Waals surface area contributed by atoms with Crippen molar-refractivity contribution in [2.45, 2.75) is 20.0 Å². The number of esters is 2. The van der Waals surface area contributed by atoms with E-state index < -0.39 is 30.6 Å². The van der Waals surface area contributed by atoms with Crippen LogP contribution in [0.3, 0.4) is 0 Å². The van der Waals surface area contributed by atoms with E-state index in [9.17, 15) is 14.4 Å². The lowest BCUT2D eigenvalue weighted by Crippen LogP contribution is -2.29. The molecule has 28 heavy (non-hydrogen) atoms. The molecule has 2 rings (SSSR count). The van der Waals surface area contributed by atoms with Gasteiger partial charge in [-0.25, -0.2) is 9.59 Å². The van der Waals surface area contributed by atoms with Crippen molar-refractivity contribution >= 4 is 35.1 Å². The summed E-state index contributed by atoms with van der Waals surface area (Å²) < 4.78 is 15.3. The number of ether oxygens (including phenoxy) is 3. The summed E-state index contributed by atoms with van der Waals surface area (Å²) in [6.07, 6.45) is -0.891. The fraction of sp³-hybridized carbons (Fsp3) is 0.250. The maximum Gasteiger partial charge on any atom is 0.347 e. The normalized spacial score (nSPS) is 11.2. The number of halogens is 1. The van der Waals surface area contributed by atoms with Crippen LogP contribution in [0.4, 0.5) is 5.69 Å². The van der Waals surface area contributed by atoms with Crippen LogP contribution in [-0.4, -0.2) is 37.2 Å². The third-order valence-electron chi connectivity index (χ3n) is 3.48. The molecule has 8 heteroatoms. The number of nitrogens with one attached hydrogen (secondary N) is 1. The highest BCUT2D eigenvalue weighted by Gasteiger charge is 2.18. The monoisotopic (exact) mass is 405 g/mol. The van der Waals surface area contributed by atoms with Gasteiger partial charge in [0.2, 0.25) is 0 Å². The first kappa shape index (κ1) is 21.2. The van der Waals surface area contributed by atoms with E-state index in [1.54, 1.807) is 43.3 Å². The number of anilines is 1. The molecule has 2 aromatic rings. The molecular formula is C20H20ClNO6. The summed E-state index contributed by atoms with van der Waals surface area (Å²) in [5.41, 5.74) is 0.832. The Morgan fingerprint density at radius 3 is 2.25 bits per heavy atom. The molecule has 0 heterocycles. The predicted octanol–water partition coefficient (Wildman–Crippen LogP) is 3.47. The maximum atomic E-state index is 11.9. The molecule has 0 bridgehead atoms. The zero-order chi connectivity index (χ0) is 20.5. The molecule has 0 unspecified atom stereocenters. The molecule has 0 fully saturated rings. The van der Waals surface area contributed by atoms with Gasteiger partial charge < -0.3 is 19.5 Å². The van der Waals surface area contributed by atoms with Crippen LogP contribution >= 0.6 is 11.6 Å². The largest absolute Gasteiger partial charge is 0.479 e. The molecule has 0 aliphatic carbocycles. The summed E-state index contributed by atoms with van der Waals surface area (Å²) in [7, 11) is 0. The molecule has 7 nitrogen and oxygen atoms in total. The quantitative estimate of drug-likeness (QED) is 0.676. The number of hydrogen-bond donors (Lipinski definition) is 1. The Balaban J connectivity index is 1.78. The second-order valence-corrected chi connectivity index (χ2v) is 6.10. The minimum atomic E-state index is -0.891. The summed E-state index contributed by atoms with van der Waals surface area (Å²) >= 11 is 5.79. The zero-order valence-corrected chi connectivity index (χ0v) is 16.2. The van der Waals surface area contributed by atoms with Gasteiger partial charge >= 0.3 is 11.9 Å². The average Bonchev–Trinajstić information content (AvgIpc) is 2.68. The van der Waals surface area contributed by atoms with E-state index in [1.807, 2.05) is 0 Å². The van der Waals surface area contributed by atoms with Crippen molar-refractivity contribution in [3.63, 3.8) is 0 Å². The van der Waals surface area contributed by atoms with Crippen LogP contribution in [-0.2, 0) is 19.1 Å². The van der Waals surface area contributed by atoms with Crippen LogP contribution in [0.5, 0.6) is 5.75 Å². The topological polar surface area (TPSA) is 90.9 Å². The molecule has 0 radical (unpaired) electrons. The van der Waals surface area contributed by atoms with Crippen molar-refractivity contribution in [1.82, 2.24) is 0 Å². The van der Waals surface area contributed by atoms with Gasteiger partial charge in [-0.2, -0.15) is 0 Å². The van der Waals surface area contributed by atoms with Crippen LogP contribution in [0.25, 0.3) is 0 Å². The van der Waals surface area contributed by atoms with Crippen molar-refractivity contribution in [1.29, 1.82) is 0 Å². The highest BCUT2D eigenvalue weighted by Crippen LogP contribution is 2.17. The Labute approximate surface area is 167 Å². The number of carbonyl (C=O) groups excluding carboxylic acids is 3. The molecule has 1 atom stereocenters. The van der Waals surface area contributed by atoms with Crippen LogP contribution in [0.15, 0.2) is 48.5 Å². The van der Waals surface area contributed by atoms with Gasteiger partial charge in [-0.05, 0) is 62.4 Å². The summed E-state index contributed by atoms with van der Waals surface area (Å²) in [5.74, 6) is -1.18. The Morgan fingerprint density at radius 1 is 1.00 bits per heavy atom. The fourth-order valence-corrected chi connectivity index (χ4v) is 2.25. The summed E-state index contributed by atoms with van der Waals surface area (Å²) in [6, 6.07) is 12.7. The van der Waals surface area contributed by atoms with Gasteiger partial charge in [-0.1, -0.05) is 11.6 Å². The first-order valence-electron chi connectivity index (χ1n) is 8.55. The van der Waals surface area contributed by atoms with Gasteiger partial charge in [0.15, 0.2) is 12.7 Å². The van der Waals surface area contributed by atoms with Gasteiger partial charge in [-0.3, -0.25) is 4.79 Å². The van der Waals surface area contributed by atoms with Crippen molar-refractivity contribution < 1.29 is 28.6 Å². The fourth-order valence-electron chi connectivity index (χ4n) is 2.12. The zero-order valence-electron chi connectivity index (χ0n) is 15.4. The lowest BCUT2D eigenvalue weighted by atomic mass is 10.2. The highest BCUT2D eigenvalue weighted by molar-refractivity contribution is 6.30. The van der Waals surface area contributed by atoms with E-state index in [1.165, 1.54) is 19.1 Å². The molecule has 1 N–H and O–H groups in total. The van der Waals surface area contributed by atoms with E-state index in [-0.39, 0.29) is 6.61 Å². The number of carbonyl (C=O) groups is 3. The van der Waals surface area contributed by atoms with Crippen LogP contribution in [0.1, 0.15) is 24.2 Å². The van der Waals surface area contributed by atoms with Crippen LogP contribution in [0, 0.1) is 0 Å². The van der Waals surface area contributed by atoms with Gasteiger partial charge in [0.05, 0.1) is 12.2 Å². The number of benzene rings is 2. The van der Waals surface area contributed by atoms with Gasteiger partial charge in [0, 0.05) is 10.7 Å². The predicted molar refractivity (Wildman–Crippen MR) is 104 cm³/mol.